The minimum Gasteiger partial charge on any atom is -0.475 e. The van der Waals surface area contributed by atoms with E-state index in [2.05, 4.69) is 24.0 Å². The Hall–Kier alpha value is -2.14. The third-order valence-electron chi connectivity index (χ3n) is 4.93. The van der Waals surface area contributed by atoms with Gasteiger partial charge in [-0.25, -0.2) is 4.79 Å². The molecule has 3 rings (SSSR count). The molecule has 2 fully saturated rings. The van der Waals surface area contributed by atoms with Crippen LogP contribution < -0.4 is 0 Å². The fourth-order valence-electron chi connectivity index (χ4n) is 3.47. The van der Waals surface area contributed by atoms with E-state index in [1.54, 1.807) is 23.9 Å². The zero-order valence-corrected chi connectivity index (χ0v) is 17.2. The van der Waals surface area contributed by atoms with Crippen molar-refractivity contribution in [3.05, 3.63) is 21.9 Å². The molecule has 0 aromatic carbocycles. The Morgan fingerprint density at radius 2 is 1.90 bits per heavy atom. The van der Waals surface area contributed by atoms with Crippen LogP contribution in [0.15, 0.2) is 12.1 Å². The number of alkyl halides is 3. The molecule has 29 heavy (non-hydrogen) atoms. The van der Waals surface area contributed by atoms with Crippen molar-refractivity contribution >= 4 is 29.1 Å². The first-order chi connectivity index (χ1) is 13.4. The van der Waals surface area contributed by atoms with Gasteiger partial charge in [-0.15, -0.1) is 11.3 Å². The van der Waals surface area contributed by atoms with Gasteiger partial charge in [0.2, 0.25) is 11.8 Å². The number of aliphatic carboxylic acids is 1. The van der Waals surface area contributed by atoms with Crippen LogP contribution in [0.3, 0.4) is 0 Å². The van der Waals surface area contributed by atoms with E-state index in [1.165, 1.54) is 9.75 Å². The monoisotopic (exact) mass is 435 g/mol. The van der Waals surface area contributed by atoms with Gasteiger partial charge in [-0.3, -0.25) is 14.5 Å². The molecule has 162 valence electrons. The van der Waals surface area contributed by atoms with Crippen molar-refractivity contribution in [2.45, 2.75) is 44.6 Å². The quantitative estimate of drug-likeness (QED) is 0.782. The van der Waals surface area contributed by atoms with Crippen LogP contribution >= 0.6 is 11.3 Å². The standard InChI is InChI=1S/C16H23N3O2S.C2HF3O2/c1-11-4-5-12(22-11)9-18-7-6-13-14(18)8-15(20)19(13)10-16(21)17(2)3;3-2(4,5)1(6)7/h4-5,13-14H,6-10H2,1-3H3;(H,6,7). The summed E-state index contributed by atoms with van der Waals surface area (Å²) < 4.78 is 31.7. The van der Waals surface area contributed by atoms with Crippen LogP contribution in [0.25, 0.3) is 0 Å². The Labute approximate surface area is 170 Å². The Morgan fingerprint density at radius 1 is 1.28 bits per heavy atom. The molecule has 0 saturated carbocycles. The summed E-state index contributed by atoms with van der Waals surface area (Å²) in [6, 6.07) is 4.80. The van der Waals surface area contributed by atoms with Crippen molar-refractivity contribution in [1.82, 2.24) is 14.7 Å². The van der Waals surface area contributed by atoms with Gasteiger partial charge in [0, 0.05) is 55.4 Å². The van der Waals surface area contributed by atoms with Crippen LogP contribution in [0.5, 0.6) is 0 Å². The number of carbonyl (C=O) groups is 3. The molecule has 2 aliphatic heterocycles. The number of hydrogen-bond donors (Lipinski definition) is 1. The molecule has 3 heterocycles. The fourth-order valence-corrected chi connectivity index (χ4v) is 4.38. The van der Waals surface area contributed by atoms with Crippen LogP contribution in [0, 0.1) is 6.92 Å². The molecule has 1 N–H and O–H groups in total. The van der Waals surface area contributed by atoms with E-state index in [0.717, 1.165) is 19.5 Å². The number of likely N-dealkylation sites (N-methyl/N-ethyl adjacent to an activating group) is 1. The third-order valence-corrected chi connectivity index (χ3v) is 5.92. The largest absolute Gasteiger partial charge is 0.490 e. The van der Waals surface area contributed by atoms with Crippen LogP contribution in [0.1, 0.15) is 22.6 Å². The van der Waals surface area contributed by atoms with Gasteiger partial charge in [0.25, 0.3) is 0 Å². The summed E-state index contributed by atoms with van der Waals surface area (Å²) in [4.78, 5) is 41.6. The van der Waals surface area contributed by atoms with Gasteiger partial charge in [-0.1, -0.05) is 0 Å². The molecule has 2 atom stereocenters. The molecule has 1 aromatic heterocycles. The normalized spacial score (nSPS) is 21.6. The number of carboxylic acid groups (broad SMARTS) is 1. The highest BCUT2D eigenvalue weighted by Gasteiger charge is 2.47. The minimum atomic E-state index is -5.08. The molecule has 0 spiro atoms. The van der Waals surface area contributed by atoms with Gasteiger partial charge >= 0.3 is 12.1 Å². The first-order valence-corrected chi connectivity index (χ1v) is 9.81. The van der Waals surface area contributed by atoms with Crippen LogP contribution in [-0.4, -0.2) is 83.0 Å². The van der Waals surface area contributed by atoms with Crippen LogP contribution in [0.2, 0.25) is 0 Å². The van der Waals surface area contributed by atoms with Crippen molar-refractivity contribution in [3.63, 3.8) is 0 Å². The summed E-state index contributed by atoms with van der Waals surface area (Å²) in [6.45, 7) is 4.27. The highest BCUT2D eigenvalue weighted by atomic mass is 32.1. The zero-order valence-electron chi connectivity index (χ0n) is 16.4. The predicted octanol–water partition coefficient (Wildman–Crippen LogP) is 1.95. The first-order valence-electron chi connectivity index (χ1n) is 8.99. The summed E-state index contributed by atoms with van der Waals surface area (Å²) in [5, 5.41) is 7.12. The molecular weight excluding hydrogens is 411 g/mol. The molecule has 2 unspecified atom stereocenters. The smallest absolute Gasteiger partial charge is 0.475 e. The number of rotatable bonds is 4. The van der Waals surface area contributed by atoms with E-state index in [0.29, 0.717) is 6.42 Å². The number of nitrogens with zero attached hydrogens (tertiary/aromatic N) is 3. The second-order valence-corrected chi connectivity index (χ2v) is 8.60. The summed E-state index contributed by atoms with van der Waals surface area (Å²) in [5.74, 6) is -2.63. The number of carbonyl (C=O) groups excluding carboxylic acids is 2. The van der Waals surface area contributed by atoms with Crippen molar-refractivity contribution in [1.29, 1.82) is 0 Å². The lowest BCUT2D eigenvalue weighted by Crippen LogP contribution is -2.43. The average Bonchev–Trinajstić information content (AvgIpc) is 3.26. The zero-order chi connectivity index (χ0) is 21.9. The van der Waals surface area contributed by atoms with Gasteiger partial charge in [0.1, 0.15) is 6.54 Å². The third kappa shape index (κ3) is 5.92. The number of thiophene rings is 1. The Kier molecular flexibility index (Phi) is 7.28. The molecule has 0 bridgehead atoms. The Bertz CT molecular complexity index is 766. The maximum absolute atomic E-state index is 12.3. The number of carboxylic acids is 1. The number of hydrogen-bond acceptors (Lipinski definition) is 5. The van der Waals surface area contributed by atoms with Crippen LogP contribution in [-0.2, 0) is 20.9 Å². The maximum Gasteiger partial charge on any atom is 0.490 e. The lowest BCUT2D eigenvalue weighted by atomic mass is 10.1. The highest BCUT2D eigenvalue weighted by molar-refractivity contribution is 7.11. The van der Waals surface area contributed by atoms with Crippen molar-refractivity contribution in [2.75, 3.05) is 27.2 Å². The number of aryl methyl sites for hydroxylation is 1. The Balaban J connectivity index is 0.000000370. The van der Waals surface area contributed by atoms with E-state index in [1.807, 2.05) is 11.3 Å². The second kappa shape index (κ2) is 9.12. The molecule has 0 radical (unpaired) electrons. The topological polar surface area (TPSA) is 81.2 Å². The van der Waals surface area contributed by atoms with E-state index in [4.69, 9.17) is 9.90 Å². The number of fused-ring (bicyclic) bond motifs is 1. The summed E-state index contributed by atoms with van der Waals surface area (Å²) in [7, 11) is 3.47. The molecule has 2 saturated heterocycles. The number of likely N-dealkylation sites (tertiary alicyclic amines) is 2. The van der Waals surface area contributed by atoms with Gasteiger partial charge in [0.15, 0.2) is 0 Å². The van der Waals surface area contributed by atoms with Gasteiger partial charge in [-0.2, -0.15) is 13.2 Å². The molecule has 2 aliphatic rings. The SMILES string of the molecule is Cc1ccc(CN2CCC3C2CC(=O)N3CC(=O)N(C)C)s1.O=C(O)C(F)(F)F. The van der Waals surface area contributed by atoms with Gasteiger partial charge in [-0.05, 0) is 25.5 Å². The van der Waals surface area contributed by atoms with E-state index < -0.39 is 12.1 Å². The van der Waals surface area contributed by atoms with E-state index in [-0.39, 0.29) is 30.4 Å². The molecule has 2 amide bonds. The fraction of sp³-hybridized carbons (Fsp3) is 0.611. The van der Waals surface area contributed by atoms with Crippen molar-refractivity contribution in [2.24, 2.45) is 0 Å². The summed E-state index contributed by atoms with van der Waals surface area (Å²) >= 11 is 1.82. The van der Waals surface area contributed by atoms with Crippen LogP contribution in [0.4, 0.5) is 13.2 Å². The van der Waals surface area contributed by atoms with E-state index >= 15 is 0 Å². The van der Waals surface area contributed by atoms with E-state index in [9.17, 15) is 22.8 Å². The number of amides is 2. The highest BCUT2D eigenvalue weighted by Crippen LogP contribution is 2.34. The average molecular weight is 435 g/mol. The summed E-state index contributed by atoms with van der Waals surface area (Å²) in [5.41, 5.74) is 0. The molecule has 0 aliphatic carbocycles. The lowest BCUT2D eigenvalue weighted by molar-refractivity contribution is -0.192. The maximum atomic E-state index is 12.3. The second-order valence-electron chi connectivity index (χ2n) is 7.22. The minimum absolute atomic E-state index is 0.00123. The lowest BCUT2D eigenvalue weighted by Gasteiger charge is -2.25. The molecule has 11 heteroatoms. The number of halogens is 3. The van der Waals surface area contributed by atoms with Gasteiger partial charge in [0.05, 0.1) is 0 Å². The van der Waals surface area contributed by atoms with Crippen molar-refractivity contribution in [3.8, 4) is 0 Å². The first kappa shape index (κ1) is 23.1. The Morgan fingerprint density at radius 3 is 2.38 bits per heavy atom. The molecule has 7 nitrogen and oxygen atoms in total. The predicted molar refractivity (Wildman–Crippen MR) is 100 cm³/mol. The van der Waals surface area contributed by atoms with Gasteiger partial charge < -0.3 is 14.9 Å². The summed E-state index contributed by atoms with van der Waals surface area (Å²) in [6.07, 6.45) is -3.56. The molecule has 1 aromatic rings. The molecular formula is C18H24F3N3O4S. The van der Waals surface area contributed by atoms with Crippen molar-refractivity contribution < 1.29 is 32.7 Å².